The quantitative estimate of drug-likeness (QED) is 0.865. The van der Waals surface area contributed by atoms with Crippen LogP contribution < -0.4 is 5.73 Å². The maximum absolute atomic E-state index is 12.1. The highest BCUT2D eigenvalue weighted by Gasteiger charge is 2.32. The molecule has 0 unspecified atom stereocenters. The van der Waals surface area contributed by atoms with Crippen LogP contribution in [0.15, 0.2) is 18.2 Å². The largest absolute Gasteiger partial charge is 0.390 e. The molecule has 0 heterocycles. The van der Waals surface area contributed by atoms with Crippen LogP contribution in [0.2, 0.25) is 5.02 Å². The minimum Gasteiger partial charge on any atom is -0.324 e. The van der Waals surface area contributed by atoms with Crippen LogP contribution in [0.1, 0.15) is 23.6 Å². The van der Waals surface area contributed by atoms with Crippen molar-refractivity contribution >= 4 is 24.0 Å². The van der Waals surface area contributed by atoms with Gasteiger partial charge in [-0.3, -0.25) is 0 Å². The van der Waals surface area contributed by atoms with E-state index in [9.17, 15) is 13.2 Å². The molecule has 1 aromatic rings. The molecule has 0 saturated carbocycles. The average Bonchev–Trinajstić information content (AvgIpc) is 1.99. The maximum Gasteiger partial charge on any atom is 0.390 e. The van der Waals surface area contributed by atoms with E-state index in [0.717, 1.165) is 0 Å². The van der Waals surface area contributed by atoms with Crippen molar-refractivity contribution in [2.45, 2.75) is 25.6 Å². The molecule has 1 rings (SSSR count). The Morgan fingerprint density at radius 1 is 1.38 bits per heavy atom. The van der Waals surface area contributed by atoms with Crippen molar-refractivity contribution in [3.63, 3.8) is 0 Å². The lowest BCUT2D eigenvalue weighted by Crippen LogP contribution is -2.21. The van der Waals surface area contributed by atoms with Gasteiger partial charge in [-0.05, 0) is 24.1 Å². The molecule has 0 fully saturated rings. The molecule has 6 heteroatoms. The van der Waals surface area contributed by atoms with E-state index in [1.165, 1.54) is 0 Å². The first-order valence-corrected chi connectivity index (χ1v) is 4.76. The monoisotopic (exact) mass is 273 g/mol. The first-order chi connectivity index (χ1) is 6.81. The molecule has 0 amide bonds. The summed E-state index contributed by atoms with van der Waals surface area (Å²) < 4.78 is 36.4. The van der Waals surface area contributed by atoms with Crippen LogP contribution in [-0.2, 0) is 0 Å². The van der Waals surface area contributed by atoms with Gasteiger partial charge in [0, 0.05) is 11.1 Å². The Balaban J connectivity index is 0.00000225. The fourth-order valence-electron chi connectivity index (χ4n) is 1.47. The Hall–Kier alpha value is -0.450. The highest BCUT2D eigenvalue weighted by atomic mass is 35.5. The number of benzene rings is 1. The number of rotatable bonds is 2. The zero-order valence-corrected chi connectivity index (χ0v) is 10.1. The number of alkyl halides is 3. The van der Waals surface area contributed by atoms with Gasteiger partial charge in [0.15, 0.2) is 0 Å². The molecular formula is C10H12Cl2F3N. The summed E-state index contributed by atoms with van der Waals surface area (Å²) in [6, 6.07) is 3.82. The van der Waals surface area contributed by atoms with Crippen molar-refractivity contribution < 1.29 is 13.2 Å². The third-order valence-electron chi connectivity index (χ3n) is 2.09. The van der Waals surface area contributed by atoms with Gasteiger partial charge in [0.25, 0.3) is 0 Å². The zero-order chi connectivity index (χ0) is 11.6. The molecule has 0 saturated heterocycles. The predicted octanol–water partition coefficient (Wildman–Crippen LogP) is 4.02. The lowest BCUT2D eigenvalue weighted by atomic mass is 9.99. The van der Waals surface area contributed by atoms with Crippen molar-refractivity contribution in [2.75, 3.05) is 0 Å². The molecule has 0 radical (unpaired) electrons. The fourth-order valence-corrected chi connectivity index (χ4v) is 1.83. The number of aryl methyl sites for hydroxylation is 1. The van der Waals surface area contributed by atoms with Crippen LogP contribution in [0.3, 0.4) is 0 Å². The third-order valence-corrected chi connectivity index (χ3v) is 2.42. The molecule has 0 bridgehead atoms. The summed E-state index contributed by atoms with van der Waals surface area (Å²) >= 11 is 5.81. The number of hydrogen-bond acceptors (Lipinski definition) is 1. The van der Waals surface area contributed by atoms with Crippen LogP contribution in [0.25, 0.3) is 0 Å². The van der Waals surface area contributed by atoms with E-state index in [-0.39, 0.29) is 17.4 Å². The highest BCUT2D eigenvalue weighted by molar-refractivity contribution is 6.31. The Bertz CT molecular complexity index is 332. The molecule has 0 aliphatic rings. The van der Waals surface area contributed by atoms with Crippen molar-refractivity contribution in [1.82, 2.24) is 0 Å². The Morgan fingerprint density at radius 2 is 1.94 bits per heavy atom. The Labute approximate surface area is 103 Å². The standard InChI is InChI=1S/C10H11ClF3N.ClH/c1-6-3-2-4-7(11)9(6)8(15)5-10(12,13)14;/h2-4,8H,5,15H2,1H3;1H/t8-;/m0./s1. The SMILES string of the molecule is Cc1cccc(Cl)c1[C@@H](N)CC(F)(F)F.Cl. The molecular weight excluding hydrogens is 262 g/mol. The minimum atomic E-state index is -4.27. The molecule has 2 N–H and O–H groups in total. The van der Waals surface area contributed by atoms with Gasteiger partial charge in [-0.25, -0.2) is 0 Å². The summed E-state index contributed by atoms with van der Waals surface area (Å²) in [6.45, 7) is 1.69. The highest BCUT2D eigenvalue weighted by Crippen LogP contribution is 2.32. The van der Waals surface area contributed by atoms with Crippen molar-refractivity contribution in [1.29, 1.82) is 0 Å². The van der Waals surface area contributed by atoms with Crippen molar-refractivity contribution in [2.24, 2.45) is 5.73 Å². The summed E-state index contributed by atoms with van der Waals surface area (Å²) in [5, 5.41) is 0.284. The second kappa shape index (κ2) is 5.75. The molecule has 1 aromatic carbocycles. The smallest absolute Gasteiger partial charge is 0.324 e. The average molecular weight is 274 g/mol. The summed E-state index contributed by atoms with van der Waals surface area (Å²) in [5.41, 5.74) is 6.53. The van der Waals surface area contributed by atoms with E-state index >= 15 is 0 Å². The summed E-state index contributed by atoms with van der Waals surface area (Å²) in [5.74, 6) is 0. The van der Waals surface area contributed by atoms with E-state index in [2.05, 4.69) is 0 Å². The van der Waals surface area contributed by atoms with Gasteiger partial charge in [0.1, 0.15) is 0 Å². The molecule has 0 aliphatic carbocycles. The van der Waals surface area contributed by atoms with Gasteiger partial charge < -0.3 is 5.73 Å². The van der Waals surface area contributed by atoms with Gasteiger partial charge in [-0.1, -0.05) is 23.7 Å². The Kier molecular flexibility index (Phi) is 5.59. The third kappa shape index (κ3) is 4.20. The Morgan fingerprint density at radius 3 is 2.38 bits per heavy atom. The van der Waals surface area contributed by atoms with Gasteiger partial charge in [0.05, 0.1) is 6.42 Å². The molecule has 0 spiro atoms. The molecule has 0 aromatic heterocycles. The molecule has 1 atom stereocenters. The van der Waals surface area contributed by atoms with Crippen LogP contribution in [0.4, 0.5) is 13.2 Å². The topological polar surface area (TPSA) is 26.0 Å². The summed E-state index contributed by atoms with van der Waals surface area (Å²) in [6.07, 6.45) is -5.33. The van der Waals surface area contributed by atoms with Crippen LogP contribution in [0, 0.1) is 6.92 Å². The van der Waals surface area contributed by atoms with E-state index in [4.69, 9.17) is 17.3 Å². The van der Waals surface area contributed by atoms with Crippen LogP contribution in [0.5, 0.6) is 0 Å². The summed E-state index contributed by atoms with van der Waals surface area (Å²) in [4.78, 5) is 0. The van der Waals surface area contributed by atoms with Gasteiger partial charge >= 0.3 is 6.18 Å². The minimum absolute atomic E-state index is 0. The normalized spacial score (nSPS) is 13.1. The number of halogens is 5. The fraction of sp³-hybridized carbons (Fsp3) is 0.400. The molecule has 16 heavy (non-hydrogen) atoms. The first kappa shape index (κ1) is 15.5. The molecule has 92 valence electrons. The van der Waals surface area contributed by atoms with E-state index in [1.807, 2.05) is 0 Å². The first-order valence-electron chi connectivity index (χ1n) is 4.38. The second-order valence-corrected chi connectivity index (χ2v) is 3.80. The maximum atomic E-state index is 12.1. The second-order valence-electron chi connectivity index (χ2n) is 3.40. The van der Waals surface area contributed by atoms with Gasteiger partial charge in [-0.2, -0.15) is 13.2 Å². The summed E-state index contributed by atoms with van der Waals surface area (Å²) in [7, 11) is 0. The lowest BCUT2D eigenvalue weighted by Gasteiger charge is -2.17. The van der Waals surface area contributed by atoms with Crippen molar-refractivity contribution in [3.8, 4) is 0 Å². The van der Waals surface area contributed by atoms with E-state index in [0.29, 0.717) is 11.1 Å². The predicted molar refractivity (Wildman–Crippen MR) is 61.0 cm³/mol. The zero-order valence-electron chi connectivity index (χ0n) is 8.51. The molecule has 0 aliphatic heterocycles. The van der Waals surface area contributed by atoms with E-state index in [1.54, 1.807) is 25.1 Å². The molecule has 1 nitrogen and oxygen atoms in total. The van der Waals surface area contributed by atoms with Crippen molar-refractivity contribution in [3.05, 3.63) is 34.3 Å². The van der Waals surface area contributed by atoms with Gasteiger partial charge in [0.2, 0.25) is 0 Å². The number of nitrogens with two attached hydrogens (primary N) is 1. The van der Waals surface area contributed by atoms with Crippen LogP contribution in [-0.4, -0.2) is 6.18 Å². The number of hydrogen-bond donors (Lipinski definition) is 1. The van der Waals surface area contributed by atoms with E-state index < -0.39 is 18.6 Å². The van der Waals surface area contributed by atoms with Gasteiger partial charge in [-0.15, -0.1) is 12.4 Å². The lowest BCUT2D eigenvalue weighted by molar-refractivity contribution is -0.138. The van der Waals surface area contributed by atoms with Crippen LogP contribution >= 0.6 is 24.0 Å².